The van der Waals surface area contributed by atoms with Crippen molar-refractivity contribution in [2.45, 2.75) is 51.0 Å². The van der Waals surface area contributed by atoms with Crippen molar-refractivity contribution in [3.8, 4) is 0 Å². The fourth-order valence-corrected chi connectivity index (χ4v) is 3.23. The highest BCUT2D eigenvalue weighted by atomic mass is 32.1. The quantitative estimate of drug-likeness (QED) is 0.770. The number of methoxy groups -OCH3 is 1. The highest BCUT2D eigenvalue weighted by Crippen LogP contribution is 2.26. The lowest BCUT2D eigenvalue weighted by atomic mass is 10.1. The molecule has 0 spiro atoms. The molecule has 1 aliphatic carbocycles. The van der Waals surface area contributed by atoms with Crippen LogP contribution in [0.25, 0.3) is 0 Å². The van der Waals surface area contributed by atoms with Crippen molar-refractivity contribution in [2.75, 3.05) is 25.7 Å². The van der Waals surface area contributed by atoms with Crippen LogP contribution in [0.15, 0.2) is 0 Å². The smallest absolute Gasteiger partial charge is 0.205 e. The number of anilines is 1. The molecule has 0 aliphatic heterocycles. The maximum Gasteiger partial charge on any atom is 0.205 e. The lowest BCUT2D eigenvalue weighted by Crippen LogP contribution is -2.30. The number of hydrogen-bond donors (Lipinski definition) is 0. The first-order chi connectivity index (χ1) is 8.81. The molecule has 102 valence electrons. The van der Waals surface area contributed by atoms with Gasteiger partial charge >= 0.3 is 0 Å². The van der Waals surface area contributed by atoms with E-state index in [1.165, 1.54) is 50.1 Å². The Hall–Kier alpha value is -0.680. The second kappa shape index (κ2) is 7.04. The van der Waals surface area contributed by atoms with E-state index < -0.39 is 0 Å². The lowest BCUT2D eigenvalue weighted by Gasteiger charge is -2.26. The highest BCUT2D eigenvalue weighted by molar-refractivity contribution is 7.09. The summed E-state index contributed by atoms with van der Waals surface area (Å²) >= 11 is 1.52. The van der Waals surface area contributed by atoms with Crippen molar-refractivity contribution in [2.24, 2.45) is 0 Å². The molecule has 5 heteroatoms. The number of nitrogens with zero attached hydrogens (tertiary/aromatic N) is 3. The molecule has 0 atom stereocenters. The number of aromatic nitrogens is 2. The monoisotopic (exact) mass is 269 g/mol. The van der Waals surface area contributed by atoms with Gasteiger partial charge in [0, 0.05) is 38.2 Å². The largest absolute Gasteiger partial charge is 0.384 e. The second-order valence-corrected chi connectivity index (χ2v) is 5.72. The molecule has 0 unspecified atom stereocenters. The first-order valence-electron chi connectivity index (χ1n) is 6.85. The van der Waals surface area contributed by atoms with Crippen LogP contribution in [0.1, 0.15) is 44.3 Å². The Labute approximate surface area is 114 Å². The summed E-state index contributed by atoms with van der Waals surface area (Å²) in [6.07, 6.45) is 8.88. The summed E-state index contributed by atoms with van der Waals surface area (Å²) in [6, 6.07) is 0.649. The van der Waals surface area contributed by atoms with Crippen molar-refractivity contribution < 1.29 is 4.74 Å². The van der Waals surface area contributed by atoms with Gasteiger partial charge in [-0.25, -0.2) is 4.98 Å². The van der Waals surface area contributed by atoms with E-state index in [4.69, 9.17) is 4.74 Å². The molecule has 0 N–H and O–H groups in total. The van der Waals surface area contributed by atoms with Crippen LogP contribution < -0.4 is 4.90 Å². The van der Waals surface area contributed by atoms with Gasteiger partial charge in [-0.2, -0.15) is 4.37 Å². The van der Waals surface area contributed by atoms with E-state index in [1.807, 2.05) is 0 Å². The Balaban J connectivity index is 1.94. The van der Waals surface area contributed by atoms with Gasteiger partial charge in [0.25, 0.3) is 0 Å². The van der Waals surface area contributed by atoms with E-state index in [9.17, 15) is 0 Å². The molecule has 0 amide bonds. The van der Waals surface area contributed by atoms with Crippen LogP contribution in [0.5, 0.6) is 0 Å². The van der Waals surface area contributed by atoms with Crippen LogP contribution >= 0.6 is 11.5 Å². The highest BCUT2D eigenvalue weighted by Gasteiger charge is 2.19. The molecule has 18 heavy (non-hydrogen) atoms. The summed E-state index contributed by atoms with van der Waals surface area (Å²) in [5, 5.41) is 1.06. The zero-order valence-corrected chi connectivity index (χ0v) is 12.2. The van der Waals surface area contributed by atoms with Crippen LogP contribution in [0, 0.1) is 0 Å². The molecule has 0 radical (unpaired) electrons. The molecule has 1 fully saturated rings. The van der Waals surface area contributed by atoms with E-state index in [0.717, 1.165) is 17.4 Å². The summed E-state index contributed by atoms with van der Waals surface area (Å²) < 4.78 is 9.46. The van der Waals surface area contributed by atoms with Crippen molar-refractivity contribution in [1.82, 2.24) is 9.36 Å². The summed E-state index contributed by atoms with van der Waals surface area (Å²) in [5.74, 6) is 0.914. The Morgan fingerprint density at radius 1 is 1.28 bits per heavy atom. The van der Waals surface area contributed by atoms with E-state index in [1.54, 1.807) is 7.11 Å². The third-order valence-electron chi connectivity index (χ3n) is 3.66. The average Bonchev–Trinajstić information content (AvgIpc) is 2.69. The zero-order chi connectivity index (χ0) is 12.8. The molecular formula is C13H23N3OS. The minimum absolute atomic E-state index is 0.649. The van der Waals surface area contributed by atoms with E-state index in [2.05, 4.69) is 21.3 Å². The minimum Gasteiger partial charge on any atom is -0.384 e. The number of rotatable bonds is 5. The number of hydrogen-bond acceptors (Lipinski definition) is 5. The van der Waals surface area contributed by atoms with Crippen molar-refractivity contribution >= 4 is 16.7 Å². The van der Waals surface area contributed by atoms with Crippen molar-refractivity contribution in [3.63, 3.8) is 0 Å². The molecule has 0 bridgehead atoms. The van der Waals surface area contributed by atoms with E-state index in [-0.39, 0.29) is 0 Å². The fraction of sp³-hybridized carbons (Fsp3) is 0.846. The standard InChI is InChI=1S/C13H23N3OS/c1-16(11-7-5-3-4-6-8-11)13-14-12(15-18-13)9-10-17-2/h11H,3-10H2,1-2H3. The molecule has 4 nitrogen and oxygen atoms in total. The van der Waals surface area contributed by atoms with E-state index >= 15 is 0 Å². The van der Waals surface area contributed by atoms with Gasteiger partial charge < -0.3 is 9.64 Å². The third-order valence-corrected chi connectivity index (χ3v) is 4.51. The van der Waals surface area contributed by atoms with Crippen LogP contribution in [-0.4, -0.2) is 36.2 Å². The molecule has 1 heterocycles. The molecule has 1 aromatic rings. The first-order valence-corrected chi connectivity index (χ1v) is 7.63. The topological polar surface area (TPSA) is 38.2 Å². The Bertz CT molecular complexity index is 348. The SMILES string of the molecule is COCCc1nsc(N(C)C2CCCCCC2)n1. The molecular weight excluding hydrogens is 246 g/mol. The second-order valence-electron chi connectivity index (χ2n) is 4.99. The van der Waals surface area contributed by atoms with Gasteiger partial charge in [-0.3, -0.25) is 0 Å². The van der Waals surface area contributed by atoms with E-state index in [0.29, 0.717) is 12.6 Å². The van der Waals surface area contributed by atoms with Crippen LogP contribution in [0.4, 0.5) is 5.13 Å². The fourth-order valence-electron chi connectivity index (χ4n) is 2.48. The predicted octanol–water partition coefficient (Wildman–Crippen LogP) is 2.89. The predicted molar refractivity (Wildman–Crippen MR) is 75.4 cm³/mol. The Morgan fingerprint density at radius 2 is 2.00 bits per heavy atom. The van der Waals surface area contributed by atoms with Gasteiger partial charge in [0.1, 0.15) is 5.82 Å². The maximum absolute atomic E-state index is 5.06. The molecule has 1 aromatic heterocycles. The minimum atomic E-state index is 0.649. The van der Waals surface area contributed by atoms with Gasteiger partial charge in [-0.15, -0.1) is 0 Å². The van der Waals surface area contributed by atoms with Crippen LogP contribution in [0.2, 0.25) is 0 Å². The third kappa shape index (κ3) is 3.65. The lowest BCUT2D eigenvalue weighted by molar-refractivity contribution is 0.201. The van der Waals surface area contributed by atoms with Gasteiger partial charge in [0.2, 0.25) is 5.13 Å². The summed E-state index contributed by atoms with van der Waals surface area (Å²) in [5.41, 5.74) is 0. The average molecular weight is 269 g/mol. The molecule has 0 aromatic carbocycles. The Kier molecular flexibility index (Phi) is 5.38. The van der Waals surface area contributed by atoms with Crippen LogP contribution in [-0.2, 0) is 11.2 Å². The Morgan fingerprint density at radius 3 is 2.67 bits per heavy atom. The summed E-state index contributed by atoms with van der Waals surface area (Å²) in [4.78, 5) is 6.94. The van der Waals surface area contributed by atoms with Gasteiger partial charge in [-0.05, 0) is 12.8 Å². The van der Waals surface area contributed by atoms with Gasteiger partial charge in [0.15, 0.2) is 0 Å². The van der Waals surface area contributed by atoms with Crippen LogP contribution in [0.3, 0.4) is 0 Å². The van der Waals surface area contributed by atoms with Crippen molar-refractivity contribution in [1.29, 1.82) is 0 Å². The van der Waals surface area contributed by atoms with Gasteiger partial charge in [-0.1, -0.05) is 25.7 Å². The summed E-state index contributed by atoms with van der Waals surface area (Å²) in [7, 11) is 3.88. The van der Waals surface area contributed by atoms with Crippen molar-refractivity contribution in [3.05, 3.63) is 5.82 Å². The maximum atomic E-state index is 5.06. The van der Waals surface area contributed by atoms with Gasteiger partial charge in [0.05, 0.1) is 6.61 Å². The number of ether oxygens (including phenoxy) is 1. The molecule has 1 aliphatic rings. The normalized spacial score (nSPS) is 17.7. The molecule has 0 saturated heterocycles. The molecule has 2 rings (SSSR count). The zero-order valence-electron chi connectivity index (χ0n) is 11.4. The molecule has 1 saturated carbocycles. The summed E-state index contributed by atoms with van der Waals surface area (Å²) in [6.45, 7) is 0.698. The first kappa shape index (κ1) is 13.7.